The normalized spacial score (nSPS) is 19.4. The van der Waals surface area contributed by atoms with Crippen molar-refractivity contribution in [1.82, 2.24) is 9.88 Å². The summed E-state index contributed by atoms with van der Waals surface area (Å²) in [7, 11) is 0. The maximum atomic E-state index is 4.39. The molecule has 1 aliphatic heterocycles. The molecular weight excluding hydrogens is 172 g/mol. The first-order valence-corrected chi connectivity index (χ1v) is 5.23. The van der Waals surface area contributed by atoms with Gasteiger partial charge >= 0.3 is 0 Å². The molecule has 1 aliphatic rings. The van der Waals surface area contributed by atoms with Gasteiger partial charge in [-0.1, -0.05) is 6.07 Å². The summed E-state index contributed by atoms with van der Waals surface area (Å²) in [5.41, 5.74) is 1.55. The average Bonchev–Trinajstić information content (AvgIpc) is 2.00. The van der Waals surface area contributed by atoms with Crippen LogP contribution in [0, 0.1) is 0 Å². The minimum absolute atomic E-state index is 0.311. The molecule has 2 heteroatoms. The van der Waals surface area contributed by atoms with Crippen LogP contribution in [0.25, 0.3) is 0 Å². The number of hydrogen-bond acceptors (Lipinski definition) is 2. The van der Waals surface area contributed by atoms with E-state index in [1.54, 1.807) is 0 Å². The Balaban J connectivity index is 1.96. The molecule has 0 aliphatic carbocycles. The van der Waals surface area contributed by atoms with E-state index in [2.05, 4.69) is 42.8 Å². The van der Waals surface area contributed by atoms with E-state index in [4.69, 9.17) is 0 Å². The number of rotatable bonds is 1. The first kappa shape index (κ1) is 9.66. The topological polar surface area (TPSA) is 16.1 Å². The summed E-state index contributed by atoms with van der Waals surface area (Å²) in [6.07, 6.45) is 1.88. The predicted octanol–water partition coefficient (Wildman–Crippen LogP) is 2.28. The molecule has 0 bridgehead atoms. The van der Waals surface area contributed by atoms with Gasteiger partial charge < -0.3 is 0 Å². The third kappa shape index (κ3) is 1.80. The second kappa shape index (κ2) is 3.35. The van der Waals surface area contributed by atoms with Crippen LogP contribution in [0.1, 0.15) is 32.4 Å². The molecule has 2 nitrogen and oxygen atoms in total. The first-order valence-electron chi connectivity index (χ1n) is 5.23. The Hall–Kier alpha value is -0.890. The molecule has 14 heavy (non-hydrogen) atoms. The van der Waals surface area contributed by atoms with Crippen LogP contribution in [0.3, 0.4) is 0 Å². The zero-order valence-electron chi connectivity index (χ0n) is 9.20. The van der Waals surface area contributed by atoms with Crippen LogP contribution in [0.5, 0.6) is 0 Å². The standard InChI is InChI=1S/C12H18N2/c1-12(2,3)14-8-10(9-14)11-6-4-5-7-13-11/h4-7,10H,8-9H2,1-3H3. The maximum Gasteiger partial charge on any atom is 0.0460 e. The van der Waals surface area contributed by atoms with Crippen LogP contribution >= 0.6 is 0 Å². The van der Waals surface area contributed by atoms with Crippen molar-refractivity contribution in [3.8, 4) is 0 Å². The molecule has 0 amide bonds. The van der Waals surface area contributed by atoms with Crippen molar-refractivity contribution in [2.45, 2.75) is 32.2 Å². The van der Waals surface area contributed by atoms with Gasteiger partial charge in [0.25, 0.3) is 0 Å². The second-order valence-electron chi connectivity index (χ2n) is 5.03. The molecule has 1 saturated heterocycles. The van der Waals surface area contributed by atoms with Crippen LogP contribution in [-0.4, -0.2) is 28.5 Å². The number of likely N-dealkylation sites (tertiary alicyclic amines) is 1. The smallest absolute Gasteiger partial charge is 0.0460 e. The molecule has 1 aromatic heterocycles. The van der Waals surface area contributed by atoms with E-state index in [9.17, 15) is 0 Å². The lowest BCUT2D eigenvalue weighted by Crippen LogP contribution is -2.54. The van der Waals surface area contributed by atoms with Crippen molar-refractivity contribution in [1.29, 1.82) is 0 Å². The Labute approximate surface area is 86.0 Å². The molecule has 2 rings (SSSR count). The monoisotopic (exact) mass is 190 g/mol. The van der Waals surface area contributed by atoms with Gasteiger partial charge in [-0.3, -0.25) is 9.88 Å². The Kier molecular flexibility index (Phi) is 2.31. The second-order valence-corrected chi connectivity index (χ2v) is 5.03. The third-order valence-electron chi connectivity index (χ3n) is 2.94. The van der Waals surface area contributed by atoms with Crippen molar-refractivity contribution in [2.75, 3.05) is 13.1 Å². The van der Waals surface area contributed by atoms with E-state index in [0.717, 1.165) is 13.1 Å². The summed E-state index contributed by atoms with van der Waals surface area (Å²) in [6.45, 7) is 9.10. The van der Waals surface area contributed by atoms with E-state index in [1.165, 1.54) is 5.69 Å². The van der Waals surface area contributed by atoms with E-state index in [1.807, 2.05) is 12.3 Å². The lowest BCUT2D eigenvalue weighted by atomic mass is 9.90. The van der Waals surface area contributed by atoms with Gasteiger partial charge in [0.05, 0.1) is 0 Å². The summed E-state index contributed by atoms with van der Waals surface area (Å²) >= 11 is 0. The molecule has 1 aromatic rings. The average molecular weight is 190 g/mol. The zero-order valence-corrected chi connectivity index (χ0v) is 9.20. The van der Waals surface area contributed by atoms with E-state index < -0.39 is 0 Å². The molecule has 0 atom stereocenters. The van der Waals surface area contributed by atoms with Crippen molar-refractivity contribution in [2.24, 2.45) is 0 Å². The summed E-state index contributed by atoms with van der Waals surface area (Å²) in [4.78, 5) is 6.88. The van der Waals surface area contributed by atoms with E-state index in [-0.39, 0.29) is 0 Å². The van der Waals surface area contributed by atoms with E-state index >= 15 is 0 Å². The van der Waals surface area contributed by atoms with E-state index in [0.29, 0.717) is 11.5 Å². The number of hydrogen-bond donors (Lipinski definition) is 0. The van der Waals surface area contributed by atoms with Gasteiger partial charge in [0.15, 0.2) is 0 Å². The molecule has 76 valence electrons. The molecule has 0 unspecified atom stereocenters. The Morgan fingerprint density at radius 1 is 1.29 bits per heavy atom. The Bertz CT molecular complexity index is 294. The quantitative estimate of drug-likeness (QED) is 0.675. The fourth-order valence-electron chi connectivity index (χ4n) is 1.83. The van der Waals surface area contributed by atoms with Gasteiger partial charge in [0, 0.05) is 36.4 Å². The highest BCUT2D eigenvalue weighted by molar-refractivity contribution is 5.14. The van der Waals surface area contributed by atoms with Gasteiger partial charge in [-0.05, 0) is 32.9 Å². The molecular formula is C12H18N2. The fraction of sp³-hybridized carbons (Fsp3) is 0.583. The summed E-state index contributed by atoms with van der Waals surface area (Å²) in [5, 5.41) is 0. The Morgan fingerprint density at radius 2 is 2.00 bits per heavy atom. The molecule has 1 fully saturated rings. The highest BCUT2D eigenvalue weighted by atomic mass is 15.2. The highest BCUT2D eigenvalue weighted by Crippen LogP contribution is 2.31. The Morgan fingerprint density at radius 3 is 2.50 bits per heavy atom. The highest BCUT2D eigenvalue weighted by Gasteiger charge is 2.35. The SMILES string of the molecule is CC(C)(C)N1CC(c2ccccn2)C1. The minimum atomic E-state index is 0.311. The summed E-state index contributed by atoms with van der Waals surface area (Å²) in [6, 6.07) is 6.18. The van der Waals surface area contributed by atoms with Gasteiger partial charge in [-0.2, -0.15) is 0 Å². The molecule has 0 aromatic carbocycles. The van der Waals surface area contributed by atoms with Crippen molar-refractivity contribution >= 4 is 0 Å². The molecule has 0 radical (unpaired) electrons. The number of nitrogens with zero attached hydrogens (tertiary/aromatic N) is 2. The lowest BCUT2D eigenvalue weighted by Gasteiger charge is -2.47. The largest absolute Gasteiger partial charge is 0.297 e. The number of pyridine rings is 1. The van der Waals surface area contributed by atoms with Gasteiger partial charge in [0.2, 0.25) is 0 Å². The molecule has 0 saturated carbocycles. The third-order valence-corrected chi connectivity index (χ3v) is 2.94. The van der Waals surface area contributed by atoms with Crippen LogP contribution in [0.2, 0.25) is 0 Å². The predicted molar refractivity (Wildman–Crippen MR) is 58.3 cm³/mol. The number of aromatic nitrogens is 1. The maximum absolute atomic E-state index is 4.39. The van der Waals surface area contributed by atoms with Gasteiger partial charge in [-0.15, -0.1) is 0 Å². The zero-order chi connectivity index (χ0) is 10.2. The van der Waals surface area contributed by atoms with Crippen molar-refractivity contribution in [3.63, 3.8) is 0 Å². The minimum Gasteiger partial charge on any atom is -0.297 e. The van der Waals surface area contributed by atoms with Crippen LogP contribution in [0.15, 0.2) is 24.4 Å². The van der Waals surface area contributed by atoms with Crippen LogP contribution in [-0.2, 0) is 0 Å². The van der Waals surface area contributed by atoms with Gasteiger partial charge in [0.1, 0.15) is 0 Å². The molecule has 2 heterocycles. The van der Waals surface area contributed by atoms with Crippen LogP contribution < -0.4 is 0 Å². The molecule has 0 spiro atoms. The summed E-state index contributed by atoms with van der Waals surface area (Å²) < 4.78 is 0. The lowest BCUT2D eigenvalue weighted by molar-refractivity contribution is 0.0456. The van der Waals surface area contributed by atoms with Gasteiger partial charge in [-0.25, -0.2) is 0 Å². The fourth-order valence-corrected chi connectivity index (χ4v) is 1.83. The van der Waals surface area contributed by atoms with Crippen LogP contribution in [0.4, 0.5) is 0 Å². The van der Waals surface area contributed by atoms with Crippen molar-refractivity contribution in [3.05, 3.63) is 30.1 Å². The first-order chi connectivity index (χ1) is 6.57. The molecule has 0 N–H and O–H groups in total. The summed E-state index contributed by atoms with van der Waals surface area (Å²) in [5.74, 6) is 0.649. The van der Waals surface area contributed by atoms with Crippen molar-refractivity contribution < 1.29 is 0 Å².